The molecule has 0 aliphatic rings. The fraction of sp³-hybridized carbons (Fsp3) is 0.200. The van der Waals surface area contributed by atoms with E-state index in [1.54, 1.807) is 23.7 Å². The molecule has 1 N–H and O–H groups in total. The number of aromatic nitrogens is 3. The SMILES string of the molecule is [B]c1cnn2c(NCCCN(C)S(=O)(=O)c3ccc(Cl)s3)cc(-c3ccccc3Cl)nc12. The largest absolute Gasteiger partial charge is 0.370 e. The second-order valence-corrected chi connectivity index (χ2v) is 11.4. The van der Waals surface area contributed by atoms with E-state index in [0.717, 1.165) is 16.9 Å². The number of thiophene rings is 1. The Bertz CT molecular complexity index is 1370. The Morgan fingerprint density at radius 1 is 1.22 bits per heavy atom. The summed E-state index contributed by atoms with van der Waals surface area (Å²) >= 11 is 13.3. The Morgan fingerprint density at radius 2 is 2.00 bits per heavy atom. The molecule has 0 aliphatic heterocycles. The van der Waals surface area contributed by atoms with Gasteiger partial charge in [-0.05, 0) is 30.1 Å². The lowest BCUT2D eigenvalue weighted by Crippen LogP contribution is -2.28. The summed E-state index contributed by atoms with van der Waals surface area (Å²) in [4.78, 5) is 4.60. The summed E-state index contributed by atoms with van der Waals surface area (Å²) in [6, 6.07) is 12.4. The van der Waals surface area contributed by atoms with Crippen LogP contribution in [0.5, 0.6) is 0 Å². The first kappa shape index (κ1) is 23.1. The van der Waals surface area contributed by atoms with Gasteiger partial charge in [0.2, 0.25) is 0 Å². The molecule has 0 saturated carbocycles. The second-order valence-electron chi connectivity index (χ2n) is 7.01. The van der Waals surface area contributed by atoms with E-state index in [0.29, 0.717) is 51.5 Å². The van der Waals surface area contributed by atoms with Crippen molar-refractivity contribution in [2.75, 3.05) is 25.5 Å². The van der Waals surface area contributed by atoms with Crippen molar-refractivity contribution in [1.29, 1.82) is 0 Å². The number of fused-ring (bicyclic) bond motifs is 1. The van der Waals surface area contributed by atoms with Crippen molar-refractivity contribution >= 4 is 69.3 Å². The van der Waals surface area contributed by atoms with Crippen LogP contribution in [0, 0.1) is 0 Å². The van der Waals surface area contributed by atoms with E-state index >= 15 is 0 Å². The minimum Gasteiger partial charge on any atom is -0.370 e. The highest BCUT2D eigenvalue weighted by atomic mass is 35.5. The number of sulfonamides is 1. The van der Waals surface area contributed by atoms with E-state index in [4.69, 9.17) is 31.0 Å². The van der Waals surface area contributed by atoms with Crippen LogP contribution in [-0.2, 0) is 10.0 Å². The first-order valence-corrected chi connectivity index (χ1v) is 12.6. The standard InChI is InChI=1S/C20H18BCl2N5O2S2/c1-27(32(29,30)19-8-7-17(23)31-19)10-4-9-24-18-11-16(13-5-2-3-6-15(13)22)26-20-14(21)12-25-28(18)20/h2-3,5-8,11-12,24H,4,9-10H2,1H3. The molecule has 7 nitrogen and oxygen atoms in total. The van der Waals surface area contributed by atoms with Crippen LogP contribution < -0.4 is 10.8 Å². The van der Waals surface area contributed by atoms with Gasteiger partial charge in [-0.15, -0.1) is 11.3 Å². The first-order valence-electron chi connectivity index (χ1n) is 9.62. The number of benzene rings is 1. The van der Waals surface area contributed by atoms with Gasteiger partial charge in [0.15, 0.2) is 5.65 Å². The minimum atomic E-state index is -3.56. The molecule has 4 aromatic rings. The number of hydrogen-bond donors (Lipinski definition) is 1. The fourth-order valence-electron chi connectivity index (χ4n) is 3.14. The van der Waals surface area contributed by atoms with Crippen LogP contribution in [-0.4, -0.2) is 55.3 Å². The van der Waals surface area contributed by atoms with Crippen LogP contribution in [0.15, 0.2) is 52.9 Å². The number of halogens is 2. The van der Waals surface area contributed by atoms with Crippen molar-refractivity contribution in [3.05, 3.63) is 58.0 Å². The van der Waals surface area contributed by atoms with Crippen molar-refractivity contribution in [1.82, 2.24) is 18.9 Å². The Balaban J connectivity index is 1.49. The number of nitrogens with one attached hydrogen (secondary N) is 1. The number of nitrogens with zero attached hydrogens (tertiary/aromatic N) is 4. The van der Waals surface area contributed by atoms with Gasteiger partial charge >= 0.3 is 0 Å². The van der Waals surface area contributed by atoms with Crippen LogP contribution in [0.25, 0.3) is 16.9 Å². The first-order chi connectivity index (χ1) is 15.3. The molecule has 1 aromatic carbocycles. The molecule has 4 rings (SSSR count). The van der Waals surface area contributed by atoms with Gasteiger partial charge in [0.25, 0.3) is 10.0 Å². The molecule has 0 amide bonds. The van der Waals surface area contributed by atoms with Crippen LogP contribution >= 0.6 is 34.5 Å². The Kier molecular flexibility index (Phi) is 6.78. The van der Waals surface area contributed by atoms with Crippen molar-refractivity contribution in [2.24, 2.45) is 0 Å². The molecular formula is C20H18BCl2N5O2S2. The van der Waals surface area contributed by atoms with Gasteiger partial charge in [0.05, 0.1) is 10.0 Å². The molecule has 2 radical (unpaired) electrons. The van der Waals surface area contributed by atoms with E-state index in [9.17, 15) is 8.42 Å². The molecule has 32 heavy (non-hydrogen) atoms. The molecule has 3 aromatic heterocycles. The lowest BCUT2D eigenvalue weighted by atomic mass is 10.0. The smallest absolute Gasteiger partial charge is 0.252 e. The fourth-order valence-corrected chi connectivity index (χ4v) is 6.28. The maximum atomic E-state index is 12.6. The van der Waals surface area contributed by atoms with Crippen LogP contribution in [0.1, 0.15) is 6.42 Å². The van der Waals surface area contributed by atoms with Gasteiger partial charge < -0.3 is 5.32 Å². The van der Waals surface area contributed by atoms with Gasteiger partial charge in [-0.25, -0.2) is 17.7 Å². The Hall–Kier alpha value is -2.11. The van der Waals surface area contributed by atoms with E-state index in [2.05, 4.69) is 15.4 Å². The topological polar surface area (TPSA) is 79.6 Å². The van der Waals surface area contributed by atoms with Crippen molar-refractivity contribution in [2.45, 2.75) is 10.6 Å². The summed E-state index contributed by atoms with van der Waals surface area (Å²) in [6.45, 7) is 0.837. The van der Waals surface area contributed by atoms with E-state index in [1.165, 1.54) is 16.6 Å². The number of anilines is 1. The van der Waals surface area contributed by atoms with Crippen molar-refractivity contribution in [3.63, 3.8) is 0 Å². The third-order valence-corrected chi connectivity index (χ3v) is 8.70. The molecule has 0 fully saturated rings. The van der Waals surface area contributed by atoms with Crippen molar-refractivity contribution < 1.29 is 8.42 Å². The average molecular weight is 506 g/mol. The third kappa shape index (κ3) is 4.65. The molecule has 0 saturated heterocycles. The second kappa shape index (κ2) is 9.40. The highest BCUT2D eigenvalue weighted by Crippen LogP contribution is 2.29. The quantitative estimate of drug-likeness (QED) is 0.292. The molecule has 0 atom stereocenters. The molecular weight excluding hydrogens is 488 g/mol. The van der Waals surface area contributed by atoms with Gasteiger partial charge in [-0.1, -0.05) is 41.4 Å². The highest BCUT2D eigenvalue weighted by molar-refractivity contribution is 7.91. The van der Waals surface area contributed by atoms with Gasteiger partial charge in [-0.2, -0.15) is 9.61 Å². The summed E-state index contributed by atoms with van der Waals surface area (Å²) in [7, 11) is 4.03. The summed E-state index contributed by atoms with van der Waals surface area (Å²) in [5.41, 5.74) is 2.40. The highest BCUT2D eigenvalue weighted by Gasteiger charge is 2.22. The minimum absolute atomic E-state index is 0.227. The zero-order valence-corrected chi connectivity index (χ0v) is 20.1. The van der Waals surface area contributed by atoms with Crippen LogP contribution in [0.2, 0.25) is 9.36 Å². The molecule has 3 heterocycles. The Labute approximate surface area is 201 Å². The average Bonchev–Trinajstić information content (AvgIpc) is 3.37. The maximum Gasteiger partial charge on any atom is 0.252 e. The van der Waals surface area contributed by atoms with Crippen molar-refractivity contribution in [3.8, 4) is 11.3 Å². The predicted molar refractivity (Wildman–Crippen MR) is 131 cm³/mol. The number of rotatable bonds is 8. The summed E-state index contributed by atoms with van der Waals surface area (Å²) < 4.78 is 28.9. The molecule has 0 aliphatic carbocycles. The van der Waals surface area contributed by atoms with E-state index in [1.807, 2.05) is 24.3 Å². The van der Waals surface area contributed by atoms with E-state index in [-0.39, 0.29) is 4.21 Å². The lowest BCUT2D eigenvalue weighted by Gasteiger charge is -2.16. The maximum absolute atomic E-state index is 12.6. The normalized spacial score (nSPS) is 12.0. The third-order valence-electron chi connectivity index (χ3n) is 4.82. The molecule has 164 valence electrons. The summed E-state index contributed by atoms with van der Waals surface area (Å²) in [5, 5.41) is 8.17. The zero-order chi connectivity index (χ0) is 22.9. The summed E-state index contributed by atoms with van der Waals surface area (Å²) in [5.74, 6) is 0.678. The molecule has 0 bridgehead atoms. The van der Waals surface area contributed by atoms with E-state index < -0.39 is 10.0 Å². The Morgan fingerprint density at radius 3 is 2.72 bits per heavy atom. The van der Waals surface area contributed by atoms with Gasteiger partial charge in [-0.3, -0.25) is 0 Å². The molecule has 12 heteroatoms. The van der Waals surface area contributed by atoms with Gasteiger partial charge in [0.1, 0.15) is 17.9 Å². The zero-order valence-electron chi connectivity index (χ0n) is 17.0. The van der Waals surface area contributed by atoms with Gasteiger partial charge in [0, 0.05) is 43.0 Å². The summed E-state index contributed by atoms with van der Waals surface area (Å²) in [6.07, 6.45) is 2.10. The number of hydrogen-bond acceptors (Lipinski definition) is 6. The predicted octanol–water partition coefficient (Wildman–Crippen LogP) is 3.68. The monoisotopic (exact) mass is 505 g/mol. The molecule has 0 spiro atoms. The molecule has 0 unspecified atom stereocenters. The van der Waals surface area contributed by atoms with Crippen LogP contribution in [0.4, 0.5) is 5.82 Å². The van der Waals surface area contributed by atoms with Crippen LogP contribution in [0.3, 0.4) is 0 Å². The lowest BCUT2D eigenvalue weighted by molar-refractivity contribution is 0.467.